The summed E-state index contributed by atoms with van der Waals surface area (Å²) in [6.07, 6.45) is -4.33. The summed E-state index contributed by atoms with van der Waals surface area (Å²) in [4.78, 5) is 11.0. The molecular weight excluding hydrogens is 447 g/mol. The van der Waals surface area contributed by atoms with Crippen LogP contribution in [-0.2, 0) is 22.8 Å². The van der Waals surface area contributed by atoms with Gasteiger partial charge >= 0.3 is 12.1 Å². The van der Waals surface area contributed by atoms with E-state index < -0.39 is 27.7 Å². The summed E-state index contributed by atoms with van der Waals surface area (Å²) in [6, 6.07) is 8.25. The van der Waals surface area contributed by atoms with E-state index >= 15 is 0 Å². The van der Waals surface area contributed by atoms with Crippen LogP contribution < -0.4 is 9.04 Å². The summed E-state index contributed by atoms with van der Waals surface area (Å²) in [7, 11) is -3.84. The Labute approximate surface area is 185 Å². The lowest BCUT2D eigenvalue weighted by Gasteiger charge is -2.27. The van der Waals surface area contributed by atoms with Crippen LogP contribution in [0.25, 0.3) is 0 Å². The molecule has 0 aliphatic heterocycles. The maximum absolute atomic E-state index is 13.3. The molecule has 0 unspecified atom stereocenters. The van der Waals surface area contributed by atoms with Gasteiger partial charge in [0, 0.05) is 0 Å². The first kappa shape index (κ1) is 25.3. The van der Waals surface area contributed by atoms with Gasteiger partial charge in [-0.15, -0.1) is 0 Å². The van der Waals surface area contributed by atoms with Gasteiger partial charge in [-0.2, -0.15) is 13.2 Å². The van der Waals surface area contributed by atoms with E-state index in [0.29, 0.717) is 17.6 Å². The van der Waals surface area contributed by atoms with Crippen molar-refractivity contribution in [2.45, 2.75) is 33.1 Å². The predicted molar refractivity (Wildman–Crippen MR) is 115 cm³/mol. The van der Waals surface area contributed by atoms with E-state index in [1.54, 1.807) is 13.8 Å². The summed E-state index contributed by atoms with van der Waals surface area (Å²) in [5.74, 6) is -1.57. The van der Waals surface area contributed by atoms with Gasteiger partial charge in [0.15, 0.2) is 0 Å². The van der Waals surface area contributed by atoms with Gasteiger partial charge in [-0.25, -0.2) is 13.2 Å². The molecular formula is C22H24F3NO5S. The summed E-state index contributed by atoms with van der Waals surface area (Å²) in [6.45, 7) is 6.71. The summed E-state index contributed by atoms with van der Waals surface area (Å²) < 4.78 is 72.1. The number of benzene rings is 2. The number of carboxylic acid groups (broad SMARTS) is 1. The third-order valence-corrected chi connectivity index (χ3v) is 6.28. The number of halogens is 3. The number of nitrogens with zero attached hydrogens (tertiary/aromatic N) is 1. The molecule has 2 aromatic rings. The monoisotopic (exact) mass is 471 g/mol. The molecule has 0 fully saturated rings. The number of carbonyl (C=O) groups is 1. The van der Waals surface area contributed by atoms with Gasteiger partial charge in [0.05, 0.1) is 29.1 Å². The third-order valence-electron chi connectivity index (χ3n) is 4.36. The molecule has 0 saturated heterocycles. The lowest BCUT2D eigenvalue weighted by Crippen LogP contribution is -2.34. The highest BCUT2D eigenvalue weighted by molar-refractivity contribution is 7.92. The van der Waals surface area contributed by atoms with Crippen LogP contribution in [0, 0.1) is 0 Å². The fourth-order valence-electron chi connectivity index (χ4n) is 2.86. The highest BCUT2D eigenvalue weighted by atomic mass is 32.2. The van der Waals surface area contributed by atoms with Gasteiger partial charge in [0.25, 0.3) is 0 Å². The normalized spacial score (nSPS) is 11.8. The first-order chi connectivity index (χ1) is 14.8. The molecule has 1 N–H and O–H groups in total. The Morgan fingerprint density at radius 1 is 1.16 bits per heavy atom. The minimum Gasteiger partial charge on any atom is -0.487 e. The number of rotatable bonds is 10. The Kier molecular flexibility index (Phi) is 7.95. The molecule has 174 valence electrons. The smallest absolute Gasteiger partial charge is 0.416 e. The number of hydrogen-bond donors (Lipinski definition) is 1. The fourth-order valence-corrected chi connectivity index (χ4v) is 4.47. The lowest BCUT2D eigenvalue weighted by molar-refractivity contribution is -0.137. The zero-order valence-electron chi connectivity index (χ0n) is 17.6. The Hall–Kier alpha value is -3.01. The standard InChI is InChI=1S/C22H24F3NO5S/c1-4-11-32(29,30)26(13-15(2)3)19-10-9-18(22(23,24)25)12-20(19)31-14-16-5-7-17(8-6-16)21(27)28/h5-10,12H,2,4,11,13-14H2,1,3H3,(H,27,28). The summed E-state index contributed by atoms with van der Waals surface area (Å²) in [5.41, 5.74) is 0.0325. The van der Waals surface area contributed by atoms with E-state index in [-0.39, 0.29) is 35.9 Å². The van der Waals surface area contributed by atoms with Crippen molar-refractivity contribution in [1.29, 1.82) is 0 Å². The highest BCUT2D eigenvalue weighted by Crippen LogP contribution is 2.38. The van der Waals surface area contributed by atoms with Gasteiger partial charge in [-0.05, 0) is 49.2 Å². The summed E-state index contributed by atoms with van der Waals surface area (Å²) >= 11 is 0. The topological polar surface area (TPSA) is 83.9 Å². The number of alkyl halides is 3. The van der Waals surface area contributed by atoms with Crippen molar-refractivity contribution in [3.8, 4) is 5.75 Å². The van der Waals surface area contributed by atoms with Crippen LogP contribution in [0.5, 0.6) is 5.75 Å². The van der Waals surface area contributed by atoms with Gasteiger partial charge in [0.1, 0.15) is 12.4 Å². The van der Waals surface area contributed by atoms with Crippen molar-refractivity contribution in [3.05, 3.63) is 71.3 Å². The molecule has 10 heteroatoms. The molecule has 0 aliphatic carbocycles. The first-order valence-corrected chi connectivity index (χ1v) is 11.3. The maximum atomic E-state index is 13.3. The quantitative estimate of drug-likeness (QED) is 0.487. The molecule has 0 amide bonds. The molecule has 0 aromatic heterocycles. The number of ether oxygens (including phenoxy) is 1. The van der Waals surface area contributed by atoms with E-state index in [1.165, 1.54) is 24.3 Å². The van der Waals surface area contributed by atoms with Crippen LogP contribution in [0.1, 0.15) is 41.8 Å². The second-order valence-electron chi connectivity index (χ2n) is 7.25. The SMILES string of the molecule is C=C(C)CN(c1ccc(C(F)(F)F)cc1OCc1ccc(C(=O)O)cc1)S(=O)(=O)CCC. The Morgan fingerprint density at radius 3 is 2.28 bits per heavy atom. The molecule has 6 nitrogen and oxygen atoms in total. The van der Waals surface area contributed by atoms with Crippen molar-refractivity contribution >= 4 is 21.7 Å². The van der Waals surface area contributed by atoms with E-state index in [1.807, 2.05) is 0 Å². The number of sulfonamides is 1. The van der Waals surface area contributed by atoms with Gasteiger partial charge in [-0.3, -0.25) is 4.31 Å². The van der Waals surface area contributed by atoms with Gasteiger partial charge < -0.3 is 9.84 Å². The van der Waals surface area contributed by atoms with Crippen molar-refractivity contribution in [2.75, 3.05) is 16.6 Å². The number of anilines is 1. The minimum atomic E-state index is -4.65. The Morgan fingerprint density at radius 2 is 1.78 bits per heavy atom. The Balaban J connectivity index is 2.49. The zero-order chi connectivity index (χ0) is 24.1. The van der Waals surface area contributed by atoms with Crippen molar-refractivity contribution in [1.82, 2.24) is 0 Å². The largest absolute Gasteiger partial charge is 0.487 e. The molecule has 2 rings (SSSR count). The average molecular weight is 471 g/mol. The van der Waals surface area contributed by atoms with Crippen molar-refractivity contribution in [3.63, 3.8) is 0 Å². The molecule has 0 heterocycles. The molecule has 0 atom stereocenters. The van der Waals surface area contributed by atoms with E-state index in [2.05, 4.69) is 6.58 Å². The van der Waals surface area contributed by atoms with Gasteiger partial charge in [-0.1, -0.05) is 31.2 Å². The molecule has 2 aromatic carbocycles. The highest BCUT2D eigenvalue weighted by Gasteiger charge is 2.33. The van der Waals surface area contributed by atoms with E-state index in [4.69, 9.17) is 9.84 Å². The third kappa shape index (κ3) is 6.49. The molecule has 0 aliphatic rings. The number of hydrogen-bond acceptors (Lipinski definition) is 4. The van der Waals surface area contributed by atoms with Crippen LogP contribution in [0.2, 0.25) is 0 Å². The lowest BCUT2D eigenvalue weighted by atomic mass is 10.1. The predicted octanol–water partition coefficient (Wildman–Crippen LogP) is 5.10. The van der Waals surface area contributed by atoms with E-state index in [9.17, 15) is 26.4 Å². The van der Waals surface area contributed by atoms with Crippen molar-refractivity contribution in [2.24, 2.45) is 0 Å². The molecule has 0 bridgehead atoms. The van der Waals surface area contributed by atoms with E-state index in [0.717, 1.165) is 22.5 Å². The fraction of sp³-hybridized carbons (Fsp3) is 0.318. The second-order valence-corrected chi connectivity index (χ2v) is 9.26. The summed E-state index contributed by atoms with van der Waals surface area (Å²) in [5, 5.41) is 8.97. The first-order valence-electron chi connectivity index (χ1n) is 9.66. The van der Waals surface area contributed by atoms with Crippen LogP contribution in [0.3, 0.4) is 0 Å². The van der Waals surface area contributed by atoms with Crippen LogP contribution >= 0.6 is 0 Å². The van der Waals surface area contributed by atoms with Crippen molar-refractivity contribution < 1.29 is 36.2 Å². The maximum Gasteiger partial charge on any atom is 0.416 e. The van der Waals surface area contributed by atoms with Crippen LogP contribution in [0.15, 0.2) is 54.6 Å². The number of carboxylic acids is 1. The molecule has 0 radical (unpaired) electrons. The van der Waals surface area contributed by atoms with Crippen LogP contribution in [0.4, 0.5) is 18.9 Å². The number of aromatic carboxylic acids is 1. The van der Waals surface area contributed by atoms with Crippen LogP contribution in [-0.4, -0.2) is 31.8 Å². The average Bonchev–Trinajstić information content (AvgIpc) is 2.69. The second kappa shape index (κ2) is 10.1. The minimum absolute atomic E-state index is 0.0309. The Bertz CT molecular complexity index is 1080. The molecule has 0 saturated carbocycles. The van der Waals surface area contributed by atoms with Gasteiger partial charge in [0.2, 0.25) is 10.0 Å². The zero-order valence-corrected chi connectivity index (χ0v) is 18.5. The molecule has 0 spiro atoms. The molecule has 32 heavy (non-hydrogen) atoms.